The van der Waals surface area contributed by atoms with Crippen molar-refractivity contribution < 1.29 is 4.74 Å². The van der Waals surface area contributed by atoms with Gasteiger partial charge in [-0.25, -0.2) is 0 Å². The molecular formula is C14H28N2O. The molecule has 0 bridgehead atoms. The minimum Gasteiger partial charge on any atom is -0.380 e. The smallest absolute Gasteiger partial charge is 0.0550 e. The predicted molar refractivity (Wildman–Crippen MR) is 71.2 cm³/mol. The first kappa shape index (κ1) is 13.3. The van der Waals surface area contributed by atoms with Gasteiger partial charge in [-0.1, -0.05) is 13.3 Å². The van der Waals surface area contributed by atoms with Crippen LogP contribution in [0.3, 0.4) is 0 Å². The molecule has 0 spiro atoms. The zero-order valence-corrected chi connectivity index (χ0v) is 11.7. The van der Waals surface area contributed by atoms with Gasteiger partial charge < -0.3 is 15.0 Å². The average Bonchev–Trinajstić information content (AvgIpc) is 2.29. The normalized spacial score (nSPS) is 27.7. The van der Waals surface area contributed by atoms with E-state index in [4.69, 9.17) is 4.74 Å². The Balaban J connectivity index is 2.02. The molecule has 2 saturated heterocycles. The highest BCUT2D eigenvalue weighted by molar-refractivity contribution is 4.98. The van der Waals surface area contributed by atoms with Crippen molar-refractivity contribution >= 4 is 0 Å². The van der Waals surface area contributed by atoms with Gasteiger partial charge in [0.25, 0.3) is 0 Å². The summed E-state index contributed by atoms with van der Waals surface area (Å²) >= 11 is 0. The Hall–Kier alpha value is -0.120. The lowest BCUT2D eigenvalue weighted by Crippen LogP contribution is -2.57. The number of hydrogen-bond acceptors (Lipinski definition) is 3. The van der Waals surface area contributed by atoms with Crippen molar-refractivity contribution in [3.8, 4) is 0 Å². The van der Waals surface area contributed by atoms with Crippen LogP contribution in [-0.2, 0) is 4.74 Å². The van der Waals surface area contributed by atoms with Crippen molar-refractivity contribution in [1.82, 2.24) is 10.2 Å². The maximum Gasteiger partial charge on any atom is 0.0550 e. The van der Waals surface area contributed by atoms with Crippen LogP contribution in [0.4, 0.5) is 0 Å². The largest absolute Gasteiger partial charge is 0.380 e. The van der Waals surface area contributed by atoms with Gasteiger partial charge in [-0.2, -0.15) is 0 Å². The Morgan fingerprint density at radius 3 is 2.41 bits per heavy atom. The summed E-state index contributed by atoms with van der Waals surface area (Å²) in [5, 5.41) is 3.37. The van der Waals surface area contributed by atoms with E-state index in [0.29, 0.717) is 5.41 Å². The quantitative estimate of drug-likeness (QED) is 0.790. The Labute approximate surface area is 106 Å². The summed E-state index contributed by atoms with van der Waals surface area (Å²) in [6.07, 6.45) is 4.00. The first-order chi connectivity index (χ1) is 8.23. The van der Waals surface area contributed by atoms with Crippen molar-refractivity contribution in [2.45, 2.75) is 26.2 Å². The number of piperidine rings is 1. The Kier molecular flexibility index (Phi) is 4.45. The van der Waals surface area contributed by atoms with Gasteiger partial charge in [0.05, 0.1) is 13.2 Å². The van der Waals surface area contributed by atoms with Crippen molar-refractivity contribution in [3.63, 3.8) is 0 Å². The van der Waals surface area contributed by atoms with Crippen molar-refractivity contribution in [3.05, 3.63) is 0 Å². The van der Waals surface area contributed by atoms with Gasteiger partial charge in [-0.15, -0.1) is 0 Å². The van der Waals surface area contributed by atoms with Crippen LogP contribution >= 0.6 is 0 Å². The van der Waals surface area contributed by atoms with E-state index in [0.717, 1.165) is 31.6 Å². The molecule has 2 aliphatic heterocycles. The van der Waals surface area contributed by atoms with Gasteiger partial charge in [-0.3, -0.25) is 0 Å². The van der Waals surface area contributed by atoms with E-state index in [2.05, 4.69) is 31.2 Å². The fourth-order valence-electron chi connectivity index (χ4n) is 3.73. The number of nitrogens with one attached hydrogen (secondary N) is 1. The van der Waals surface area contributed by atoms with E-state index in [1.165, 1.54) is 32.4 Å². The van der Waals surface area contributed by atoms with Crippen LogP contribution in [0.5, 0.6) is 0 Å². The fraction of sp³-hybridized carbons (Fsp3) is 1.00. The molecule has 1 unspecified atom stereocenters. The van der Waals surface area contributed by atoms with Crippen LogP contribution in [0, 0.1) is 17.3 Å². The van der Waals surface area contributed by atoms with Gasteiger partial charge in [0.1, 0.15) is 0 Å². The van der Waals surface area contributed by atoms with Crippen molar-refractivity contribution in [2.75, 3.05) is 46.9 Å². The van der Waals surface area contributed by atoms with Crippen LogP contribution in [0.2, 0.25) is 0 Å². The predicted octanol–water partition coefficient (Wildman–Crippen LogP) is 1.59. The van der Waals surface area contributed by atoms with Gasteiger partial charge in [0.2, 0.25) is 0 Å². The first-order valence-corrected chi connectivity index (χ1v) is 7.14. The summed E-state index contributed by atoms with van der Waals surface area (Å²) in [5.41, 5.74) is 0.485. The lowest BCUT2D eigenvalue weighted by atomic mass is 9.61. The maximum atomic E-state index is 5.61. The molecule has 0 radical (unpaired) electrons. The van der Waals surface area contributed by atoms with Crippen LogP contribution in [0.25, 0.3) is 0 Å². The van der Waals surface area contributed by atoms with E-state index in [9.17, 15) is 0 Å². The number of likely N-dealkylation sites (tertiary alicyclic amines) is 1. The zero-order valence-electron chi connectivity index (χ0n) is 11.7. The minimum atomic E-state index is 0.485. The standard InChI is InChI=1S/C14H28N2O/c1-4-12(9-15-2)14(10-17-11-14)13-5-7-16(3)8-6-13/h12-13,15H,4-11H2,1-3H3. The third-order valence-corrected chi connectivity index (χ3v) is 5.03. The summed E-state index contributed by atoms with van der Waals surface area (Å²) < 4.78 is 5.61. The summed E-state index contributed by atoms with van der Waals surface area (Å²) in [5.74, 6) is 1.67. The molecule has 3 heteroatoms. The summed E-state index contributed by atoms with van der Waals surface area (Å²) in [4.78, 5) is 2.46. The fourth-order valence-corrected chi connectivity index (χ4v) is 3.73. The molecule has 1 N–H and O–H groups in total. The second-order valence-corrected chi connectivity index (χ2v) is 5.97. The summed E-state index contributed by atoms with van der Waals surface area (Å²) in [6, 6.07) is 0. The van der Waals surface area contributed by atoms with Crippen molar-refractivity contribution in [1.29, 1.82) is 0 Å². The molecule has 3 nitrogen and oxygen atoms in total. The molecule has 100 valence electrons. The third-order valence-electron chi connectivity index (χ3n) is 5.03. The number of ether oxygens (including phenoxy) is 1. The molecule has 0 aromatic heterocycles. The minimum absolute atomic E-state index is 0.485. The Morgan fingerprint density at radius 2 is 2.00 bits per heavy atom. The van der Waals surface area contributed by atoms with Crippen LogP contribution in [-0.4, -0.2) is 51.8 Å². The number of rotatable bonds is 5. The molecule has 1 atom stereocenters. The molecule has 0 aliphatic carbocycles. The van der Waals surface area contributed by atoms with E-state index in [-0.39, 0.29) is 0 Å². The van der Waals surface area contributed by atoms with Crippen LogP contribution in [0.1, 0.15) is 26.2 Å². The third kappa shape index (κ3) is 2.51. The maximum absolute atomic E-state index is 5.61. The second-order valence-electron chi connectivity index (χ2n) is 5.97. The van der Waals surface area contributed by atoms with Gasteiger partial charge in [0, 0.05) is 5.41 Å². The van der Waals surface area contributed by atoms with E-state index in [1.807, 2.05) is 0 Å². The Morgan fingerprint density at radius 1 is 1.35 bits per heavy atom. The summed E-state index contributed by atoms with van der Waals surface area (Å²) in [7, 11) is 4.32. The van der Waals surface area contributed by atoms with Crippen LogP contribution in [0.15, 0.2) is 0 Å². The second kappa shape index (κ2) is 5.68. The molecule has 0 amide bonds. The molecule has 2 aliphatic rings. The van der Waals surface area contributed by atoms with Gasteiger partial charge >= 0.3 is 0 Å². The van der Waals surface area contributed by atoms with Gasteiger partial charge in [0.15, 0.2) is 0 Å². The SMILES string of the molecule is CCC(CNC)C1(C2CCN(C)CC2)COC1. The molecule has 2 fully saturated rings. The molecule has 0 aromatic rings. The van der Waals surface area contributed by atoms with Crippen molar-refractivity contribution in [2.24, 2.45) is 17.3 Å². The highest BCUT2D eigenvalue weighted by atomic mass is 16.5. The monoisotopic (exact) mass is 240 g/mol. The average molecular weight is 240 g/mol. The van der Waals surface area contributed by atoms with E-state index in [1.54, 1.807) is 0 Å². The molecule has 0 aromatic carbocycles. The number of hydrogen-bond donors (Lipinski definition) is 1. The molecular weight excluding hydrogens is 212 g/mol. The molecule has 2 heterocycles. The first-order valence-electron chi connectivity index (χ1n) is 7.14. The topological polar surface area (TPSA) is 24.5 Å². The molecule has 0 saturated carbocycles. The number of nitrogens with zero attached hydrogens (tertiary/aromatic N) is 1. The Bertz CT molecular complexity index is 232. The zero-order chi connectivity index (χ0) is 12.3. The molecule has 2 rings (SSSR count). The van der Waals surface area contributed by atoms with Crippen LogP contribution < -0.4 is 5.32 Å². The van der Waals surface area contributed by atoms with E-state index < -0.39 is 0 Å². The molecule has 17 heavy (non-hydrogen) atoms. The van der Waals surface area contributed by atoms with Gasteiger partial charge in [-0.05, 0) is 58.4 Å². The van der Waals surface area contributed by atoms with E-state index >= 15 is 0 Å². The highest BCUT2D eigenvalue weighted by Gasteiger charge is 2.50. The lowest BCUT2D eigenvalue weighted by Gasteiger charge is -2.54. The summed E-state index contributed by atoms with van der Waals surface area (Å²) in [6.45, 7) is 8.01. The highest BCUT2D eigenvalue weighted by Crippen LogP contribution is 2.48. The lowest BCUT2D eigenvalue weighted by molar-refractivity contribution is -0.186.